The molecule has 2 aliphatic heterocycles. The molecule has 1 aromatic heterocycles. The van der Waals surface area contributed by atoms with Crippen LogP contribution in [-0.4, -0.2) is 86.8 Å². The van der Waals surface area contributed by atoms with Crippen LogP contribution in [0.2, 0.25) is 0 Å². The summed E-state index contributed by atoms with van der Waals surface area (Å²) in [5, 5.41) is 5.87. The number of hydrogen-bond donors (Lipinski definition) is 2. The highest BCUT2D eigenvalue weighted by atomic mass is 19.3. The van der Waals surface area contributed by atoms with Crippen molar-refractivity contribution in [1.29, 1.82) is 0 Å². The molecule has 3 aromatic rings. The molecule has 2 N–H and O–H groups in total. The van der Waals surface area contributed by atoms with Crippen molar-refractivity contribution in [3.05, 3.63) is 65.7 Å². The van der Waals surface area contributed by atoms with Crippen molar-refractivity contribution < 1.29 is 27.8 Å². The number of rotatable bonds is 10. The lowest BCUT2D eigenvalue weighted by Gasteiger charge is -2.29. The molecule has 48 heavy (non-hydrogen) atoms. The summed E-state index contributed by atoms with van der Waals surface area (Å²) in [6.07, 6.45) is -0.348. The number of aryl methyl sites for hydroxylation is 1. The van der Waals surface area contributed by atoms with Crippen LogP contribution in [0.25, 0.3) is 0 Å². The Morgan fingerprint density at radius 2 is 1.60 bits per heavy atom. The first-order chi connectivity index (χ1) is 23.4. The predicted octanol–water partition coefficient (Wildman–Crippen LogP) is 5.12. The number of anilines is 3. The minimum absolute atomic E-state index is 0.0413. The van der Waals surface area contributed by atoms with E-state index in [1.165, 1.54) is 11.8 Å². The van der Waals surface area contributed by atoms with Crippen LogP contribution in [0.1, 0.15) is 36.8 Å². The molecule has 13 heteroatoms. The van der Waals surface area contributed by atoms with Crippen molar-refractivity contribution >= 4 is 34.9 Å². The Labute approximate surface area is 279 Å². The van der Waals surface area contributed by atoms with Gasteiger partial charge >= 0.3 is 0 Å². The van der Waals surface area contributed by atoms with Crippen LogP contribution in [0.4, 0.5) is 31.9 Å². The van der Waals surface area contributed by atoms with Gasteiger partial charge in [0.25, 0.3) is 6.43 Å². The number of aliphatic imine (C=N–C) groups is 1. The van der Waals surface area contributed by atoms with E-state index in [2.05, 4.69) is 54.8 Å². The van der Waals surface area contributed by atoms with Gasteiger partial charge in [0, 0.05) is 56.1 Å². The first-order valence-electron chi connectivity index (χ1n) is 16.7. The van der Waals surface area contributed by atoms with E-state index < -0.39 is 12.3 Å². The molecule has 256 valence electrons. The van der Waals surface area contributed by atoms with Crippen molar-refractivity contribution in [2.24, 2.45) is 10.9 Å². The summed E-state index contributed by atoms with van der Waals surface area (Å²) in [5.74, 6) is 0.117. The number of halogens is 2. The topological polar surface area (TPSA) is 113 Å². The number of hydrogen-bond acceptors (Lipinski definition) is 9. The summed E-state index contributed by atoms with van der Waals surface area (Å²) in [6.45, 7) is 7.71. The molecule has 6 rings (SSSR count). The third-order valence-electron chi connectivity index (χ3n) is 8.93. The van der Waals surface area contributed by atoms with Crippen LogP contribution in [0, 0.1) is 12.8 Å². The Morgan fingerprint density at radius 3 is 2.27 bits per heavy atom. The zero-order valence-electron chi connectivity index (χ0n) is 27.2. The van der Waals surface area contributed by atoms with Crippen molar-refractivity contribution in [1.82, 2.24) is 15.3 Å². The van der Waals surface area contributed by atoms with Gasteiger partial charge < -0.3 is 34.6 Å². The van der Waals surface area contributed by atoms with Crippen molar-refractivity contribution in [2.75, 3.05) is 67.7 Å². The van der Waals surface area contributed by atoms with Crippen molar-refractivity contribution in [2.45, 2.75) is 51.7 Å². The standard InChI is InChI=1S/C35H43F2N7O4/c1-24-4-2-3-5-29(24)39-33(32(36)37)40-30-22-31(42-35(41-30)44-16-20-47-21-17-44)48-28-12-8-26(9-13-28)34(45)38-23-25-6-10-27(11-7-25)43-14-18-46-19-15-43/h2-7,10-11,22,26,28,32H,8-9,12-21,23H2,1H3,(H,38,45)(H,39,40,41,42). The number of nitrogens with one attached hydrogen (secondary N) is 2. The van der Waals surface area contributed by atoms with Crippen LogP contribution < -0.4 is 25.2 Å². The highest BCUT2D eigenvalue weighted by Crippen LogP contribution is 2.30. The minimum atomic E-state index is -2.85. The van der Waals surface area contributed by atoms with Crippen LogP contribution >= 0.6 is 0 Å². The number of morpholine rings is 2. The van der Waals surface area contributed by atoms with E-state index in [1.54, 1.807) is 12.1 Å². The van der Waals surface area contributed by atoms with Gasteiger partial charge in [0.05, 0.1) is 26.4 Å². The molecule has 0 spiro atoms. The molecule has 3 aliphatic rings. The summed E-state index contributed by atoms with van der Waals surface area (Å²) < 4.78 is 45.5. The van der Waals surface area contributed by atoms with Crippen LogP contribution in [-0.2, 0) is 20.8 Å². The second-order valence-electron chi connectivity index (χ2n) is 12.3. The smallest absolute Gasteiger partial charge is 0.295 e. The number of ether oxygens (including phenoxy) is 3. The number of nitrogens with zero attached hydrogens (tertiary/aromatic N) is 5. The van der Waals surface area contributed by atoms with Gasteiger partial charge in [0.15, 0.2) is 11.7 Å². The fourth-order valence-electron chi connectivity index (χ4n) is 6.12. The number of amidine groups is 1. The third kappa shape index (κ3) is 8.95. The maximum absolute atomic E-state index is 14.1. The Bertz CT molecular complexity index is 1540. The zero-order valence-corrected chi connectivity index (χ0v) is 27.2. The van der Waals surface area contributed by atoms with Gasteiger partial charge in [-0.15, -0.1) is 0 Å². The maximum Gasteiger partial charge on any atom is 0.295 e. The maximum atomic E-state index is 14.1. The van der Waals surface area contributed by atoms with E-state index in [4.69, 9.17) is 14.2 Å². The second kappa shape index (κ2) is 16.2. The highest BCUT2D eigenvalue weighted by molar-refractivity contribution is 5.99. The van der Waals surface area contributed by atoms with Gasteiger partial charge in [-0.1, -0.05) is 30.3 Å². The van der Waals surface area contributed by atoms with E-state index in [9.17, 15) is 13.6 Å². The van der Waals surface area contributed by atoms with Crippen molar-refractivity contribution in [3.8, 4) is 5.88 Å². The zero-order chi connectivity index (χ0) is 33.3. The highest BCUT2D eigenvalue weighted by Gasteiger charge is 2.28. The quantitative estimate of drug-likeness (QED) is 0.226. The lowest BCUT2D eigenvalue weighted by atomic mass is 9.86. The number of aromatic nitrogens is 2. The first-order valence-corrected chi connectivity index (χ1v) is 16.7. The molecule has 3 heterocycles. The molecule has 0 bridgehead atoms. The van der Waals surface area contributed by atoms with Gasteiger partial charge in [-0.25, -0.2) is 13.8 Å². The molecular formula is C35H43F2N7O4. The van der Waals surface area contributed by atoms with Gasteiger partial charge in [-0.05, 0) is 61.9 Å². The van der Waals surface area contributed by atoms with E-state index in [0.29, 0.717) is 70.2 Å². The fourth-order valence-corrected chi connectivity index (χ4v) is 6.12. The average Bonchev–Trinajstić information content (AvgIpc) is 3.12. The molecule has 3 fully saturated rings. The molecule has 2 saturated heterocycles. The molecule has 0 atom stereocenters. The largest absolute Gasteiger partial charge is 0.474 e. The molecule has 1 saturated carbocycles. The summed E-state index contributed by atoms with van der Waals surface area (Å²) >= 11 is 0. The normalized spacial score (nSPS) is 20.5. The average molecular weight is 664 g/mol. The number of carbonyl (C=O) groups excluding carboxylic acids is 1. The Kier molecular flexibility index (Phi) is 11.3. The van der Waals surface area contributed by atoms with E-state index in [-0.39, 0.29) is 29.6 Å². The number of benzene rings is 2. The molecule has 0 unspecified atom stereocenters. The van der Waals surface area contributed by atoms with E-state index >= 15 is 0 Å². The summed E-state index contributed by atoms with van der Waals surface area (Å²) in [7, 11) is 0. The lowest BCUT2D eigenvalue weighted by molar-refractivity contribution is -0.126. The third-order valence-corrected chi connectivity index (χ3v) is 8.93. The molecule has 11 nitrogen and oxygen atoms in total. The summed E-state index contributed by atoms with van der Waals surface area (Å²) in [4.78, 5) is 30.6. The number of alkyl halides is 2. The Hall–Kier alpha value is -4.36. The van der Waals surface area contributed by atoms with Gasteiger partial charge in [0.1, 0.15) is 6.10 Å². The van der Waals surface area contributed by atoms with Crippen LogP contribution in [0.5, 0.6) is 5.88 Å². The van der Waals surface area contributed by atoms with Crippen LogP contribution in [0.15, 0.2) is 59.6 Å². The number of amides is 1. The summed E-state index contributed by atoms with van der Waals surface area (Å²) in [5.41, 5.74) is 3.58. The van der Waals surface area contributed by atoms with Crippen molar-refractivity contribution in [3.63, 3.8) is 0 Å². The molecular weight excluding hydrogens is 620 g/mol. The predicted molar refractivity (Wildman–Crippen MR) is 181 cm³/mol. The molecule has 1 amide bonds. The number of carbonyl (C=O) groups is 1. The molecule has 0 radical (unpaired) electrons. The second-order valence-corrected chi connectivity index (χ2v) is 12.3. The minimum Gasteiger partial charge on any atom is -0.474 e. The van der Waals surface area contributed by atoms with Gasteiger partial charge in [0.2, 0.25) is 17.7 Å². The van der Waals surface area contributed by atoms with Crippen LogP contribution in [0.3, 0.4) is 0 Å². The van der Waals surface area contributed by atoms with E-state index in [0.717, 1.165) is 37.4 Å². The molecule has 1 aliphatic carbocycles. The fraction of sp³-hybridized carbons (Fsp3) is 0.486. The monoisotopic (exact) mass is 663 g/mol. The Morgan fingerprint density at radius 1 is 0.938 bits per heavy atom. The van der Waals surface area contributed by atoms with Gasteiger partial charge in [-0.3, -0.25) is 4.79 Å². The van der Waals surface area contributed by atoms with E-state index in [1.807, 2.05) is 24.0 Å². The Balaban J connectivity index is 1.07. The number of para-hydroxylation sites is 1. The van der Waals surface area contributed by atoms with Gasteiger partial charge in [-0.2, -0.15) is 9.97 Å². The summed E-state index contributed by atoms with van der Waals surface area (Å²) in [6, 6.07) is 17.0. The first kappa shape index (κ1) is 33.5. The molecule has 2 aromatic carbocycles. The SMILES string of the molecule is Cc1ccccc1N/C(=N/c1cc(OC2CCC(C(=O)NCc3ccc(N4CCOCC4)cc3)CC2)nc(N2CCOCC2)n1)C(F)F. The lowest BCUT2D eigenvalue weighted by Crippen LogP contribution is -2.37.